The molecule has 5 nitrogen and oxygen atoms in total. The molecule has 1 aromatic heterocycles. The van der Waals surface area contributed by atoms with Crippen molar-refractivity contribution in [1.82, 2.24) is 4.57 Å². The van der Waals surface area contributed by atoms with Gasteiger partial charge in [-0.05, 0) is 39.6 Å². The Kier molecular flexibility index (Phi) is 3.51. The minimum absolute atomic E-state index is 0.00855. The lowest BCUT2D eigenvalue weighted by atomic mass is 9.80. The van der Waals surface area contributed by atoms with Crippen LogP contribution in [0.5, 0.6) is 0 Å². The normalized spacial score (nSPS) is 27.2. The van der Waals surface area contributed by atoms with E-state index in [1.54, 1.807) is 16.7 Å². The van der Waals surface area contributed by atoms with Crippen LogP contribution in [-0.2, 0) is 14.0 Å². The van der Waals surface area contributed by atoms with E-state index in [4.69, 9.17) is 14.0 Å². The Balaban J connectivity index is 1.90. The van der Waals surface area contributed by atoms with Crippen molar-refractivity contribution >= 4 is 12.6 Å². The molecule has 0 spiro atoms. The van der Waals surface area contributed by atoms with Crippen molar-refractivity contribution < 1.29 is 14.0 Å². The average Bonchev–Trinajstić information content (AvgIpc) is 2.97. The molecule has 114 valence electrons. The smallest absolute Gasteiger partial charge is 0.399 e. The van der Waals surface area contributed by atoms with Crippen molar-refractivity contribution in [3.05, 3.63) is 28.7 Å². The highest BCUT2D eigenvalue weighted by Crippen LogP contribution is 2.36. The highest BCUT2D eigenvalue weighted by molar-refractivity contribution is 6.62. The lowest BCUT2D eigenvalue weighted by Gasteiger charge is -2.32. The summed E-state index contributed by atoms with van der Waals surface area (Å²) in [5, 5.41) is 0. The monoisotopic (exact) mass is 291 g/mol. The molecule has 0 saturated carbocycles. The Labute approximate surface area is 125 Å². The summed E-state index contributed by atoms with van der Waals surface area (Å²) in [5.74, 6) is 0. The van der Waals surface area contributed by atoms with Gasteiger partial charge in [0, 0.05) is 18.9 Å². The number of ether oxygens (including phenoxy) is 1. The number of aromatic nitrogens is 1. The molecule has 2 saturated heterocycles. The number of rotatable bonds is 2. The summed E-state index contributed by atoms with van der Waals surface area (Å²) < 4.78 is 19.2. The van der Waals surface area contributed by atoms with E-state index in [9.17, 15) is 4.79 Å². The zero-order chi connectivity index (χ0) is 15.3. The van der Waals surface area contributed by atoms with Crippen LogP contribution in [0, 0.1) is 0 Å². The molecule has 21 heavy (non-hydrogen) atoms. The third kappa shape index (κ3) is 2.56. The summed E-state index contributed by atoms with van der Waals surface area (Å²) in [6.07, 6.45) is 2.72. The molecule has 0 aliphatic carbocycles. The van der Waals surface area contributed by atoms with Gasteiger partial charge in [-0.3, -0.25) is 4.79 Å². The second-order valence-corrected chi connectivity index (χ2v) is 6.81. The Morgan fingerprint density at radius 2 is 1.86 bits per heavy atom. The molecule has 1 atom stereocenters. The molecule has 0 bridgehead atoms. The zero-order valence-corrected chi connectivity index (χ0v) is 13.1. The highest BCUT2D eigenvalue weighted by atomic mass is 16.7. The predicted molar refractivity (Wildman–Crippen MR) is 80.9 cm³/mol. The van der Waals surface area contributed by atoms with E-state index < -0.39 is 7.12 Å². The highest BCUT2D eigenvalue weighted by Gasteiger charge is 2.51. The van der Waals surface area contributed by atoms with Crippen LogP contribution >= 0.6 is 0 Å². The first-order chi connectivity index (χ1) is 9.80. The summed E-state index contributed by atoms with van der Waals surface area (Å²) in [6.45, 7) is 9.38. The maximum atomic E-state index is 12.1. The number of nitrogens with zero attached hydrogens (tertiary/aromatic N) is 1. The second-order valence-electron chi connectivity index (χ2n) is 6.81. The molecule has 2 aliphatic heterocycles. The first-order valence-electron chi connectivity index (χ1n) is 7.46. The van der Waals surface area contributed by atoms with Crippen LogP contribution in [0.2, 0.25) is 0 Å². The molecule has 2 aliphatic rings. The third-order valence-electron chi connectivity index (χ3n) is 4.79. The van der Waals surface area contributed by atoms with E-state index in [-0.39, 0.29) is 22.8 Å². The van der Waals surface area contributed by atoms with Gasteiger partial charge >= 0.3 is 7.12 Å². The lowest BCUT2D eigenvalue weighted by Crippen LogP contribution is -2.41. The molecular formula is C15H22BNO4. The second kappa shape index (κ2) is 4.97. The zero-order valence-electron chi connectivity index (χ0n) is 13.1. The van der Waals surface area contributed by atoms with E-state index in [1.165, 1.54) is 0 Å². The van der Waals surface area contributed by atoms with Gasteiger partial charge in [-0.1, -0.05) is 6.07 Å². The fraction of sp³-hybridized carbons (Fsp3) is 0.667. The predicted octanol–water partition coefficient (Wildman–Crippen LogP) is 1.11. The van der Waals surface area contributed by atoms with Crippen molar-refractivity contribution in [1.29, 1.82) is 0 Å². The summed E-state index contributed by atoms with van der Waals surface area (Å²) in [7, 11) is -0.441. The van der Waals surface area contributed by atoms with Crippen LogP contribution in [0.4, 0.5) is 0 Å². The van der Waals surface area contributed by atoms with Gasteiger partial charge in [-0.2, -0.15) is 0 Å². The Bertz CT molecular complexity index is 574. The van der Waals surface area contributed by atoms with Gasteiger partial charge in [0.15, 0.2) is 0 Å². The fourth-order valence-corrected chi connectivity index (χ4v) is 2.67. The summed E-state index contributed by atoms with van der Waals surface area (Å²) in [5.41, 5.74) is 0.107. The van der Waals surface area contributed by atoms with Crippen molar-refractivity contribution in [2.45, 2.75) is 51.4 Å². The molecule has 0 radical (unpaired) electrons. The average molecular weight is 291 g/mol. The van der Waals surface area contributed by atoms with Gasteiger partial charge in [-0.25, -0.2) is 0 Å². The minimum atomic E-state index is -0.441. The largest absolute Gasteiger partial charge is 0.496 e. The standard InChI is InChI=1S/C15H22BNO4/c1-14(2)15(3,4)21-16(20-14)11-5-6-13(18)17(9-11)12-7-8-19-10-12/h5-6,9,12H,7-8,10H2,1-4H3. The van der Waals surface area contributed by atoms with Gasteiger partial charge in [0.25, 0.3) is 5.56 Å². The topological polar surface area (TPSA) is 49.7 Å². The van der Waals surface area contributed by atoms with Crippen molar-refractivity contribution in [2.24, 2.45) is 0 Å². The lowest BCUT2D eigenvalue weighted by molar-refractivity contribution is 0.00578. The first kappa shape index (κ1) is 14.8. The molecule has 0 amide bonds. The van der Waals surface area contributed by atoms with Crippen LogP contribution in [0.15, 0.2) is 23.1 Å². The number of pyridine rings is 1. The summed E-state index contributed by atoms with van der Waals surface area (Å²) in [4.78, 5) is 12.1. The molecule has 6 heteroatoms. The van der Waals surface area contributed by atoms with Crippen LogP contribution < -0.4 is 11.0 Å². The van der Waals surface area contributed by atoms with Gasteiger partial charge in [-0.15, -0.1) is 0 Å². The van der Waals surface area contributed by atoms with E-state index >= 15 is 0 Å². The maximum absolute atomic E-state index is 12.1. The van der Waals surface area contributed by atoms with Gasteiger partial charge < -0.3 is 18.6 Å². The molecule has 0 N–H and O–H groups in total. The van der Waals surface area contributed by atoms with Crippen LogP contribution in [0.25, 0.3) is 0 Å². The Morgan fingerprint density at radius 3 is 2.43 bits per heavy atom. The van der Waals surface area contributed by atoms with Gasteiger partial charge in [0.2, 0.25) is 0 Å². The van der Waals surface area contributed by atoms with Crippen molar-refractivity contribution in [2.75, 3.05) is 13.2 Å². The summed E-state index contributed by atoms with van der Waals surface area (Å²) >= 11 is 0. The van der Waals surface area contributed by atoms with E-state index in [2.05, 4.69) is 0 Å². The molecule has 3 rings (SSSR count). The van der Waals surface area contributed by atoms with Gasteiger partial charge in [0.1, 0.15) is 0 Å². The SMILES string of the molecule is CC1(C)OB(c2ccc(=O)n(C3CCOC3)c2)OC1(C)C. The summed E-state index contributed by atoms with van der Waals surface area (Å²) in [6, 6.07) is 3.48. The number of hydrogen-bond donors (Lipinski definition) is 0. The van der Waals surface area contributed by atoms with Crippen molar-refractivity contribution in [3.8, 4) is 0 Å². The van der Waals surface area contributed by atoms with Crippen LogP contribution in [-0.4, -0.2) is 36.1 Å². The Morgan fingerprint density at radius 1 is 1.19 bits per heavy atom. The number of hydrogen-bond acceptors (Lipinski definition) is 4. The molecule has 3 heterocycles. The van der Waals surface area contributed by atoms with E-state index in [0.29, 0.717) is 13.2 Å². The van der Waals surface area contributed by atoms with Gasteiger partial charge in [0.05, 0.1) is 23.9 Å². The first-order valence-corrected chi connectivity index (χ1v) is 7.46. The van der Waals surface area contributed by atoms with Crippen molar-refractivity contribution in [3.63, 3.8) is 0 Å². The van der Waals surface area contributed by atoms with Crippen LogP contribution in [0.3, 0.4) is 0 Å². The molecule has 2 fully saturated rings. The van der Waals surface area contributed by atoms with E-state index in [1.807, 2.05) is 33.9 Å². The van der Waals surface area contributed by atoms with E-state index in [0.717, 1.165) is 11.9 Å². The minimum Gasteiger partial charge on any atom is -0.399 e. The quantitative estimate of drug-likeness (QED) is 0.766. The Hall–Kier alpha value is -1.11. The molecule has 0 aromatic carbocycles. The maximum Gasteiger partial charge on any atom is 0.496 e. The third-order valence-corrected chi connectivity index (χ3v) is 4.79. The molecule has 1 unspecified atom stereocenters. The molecule has 1 aromatic rings. The van der Waals surface area contributed by atoms with Crippen LogP contribution in [0.1, 0.15) is 40.2 Å². The fourth-order valence-electron chi connectivity index (χ4n) is 2.67. The molecular weight excluding hydrogens is 269 g/mol.